The third kappa shape index (κ3) is 1.94. The molecule has 6 heteroatoms. The van der Waals surface area contributed by atoms with Gasteiger partial charge in [-0.15, -0.1) is 0 Å². The van der Waals surface area contributed by atoms with E-state index in [1.165, 1.54) is 19.4 Å². The van der Waals surface area contributed by atoms with E-state index in [9.17, 15) is 14.7 Å². The minimum Gasteiger partial charge on any atom is -0.504 e. The summed E-state index contributed by atoms with van der Waals surface area (Å²) >= 11 is 0. The predicted molar refractivity (Wildman–Crippen MR) is 88.8 cm³/mol. The molecule has 2 amide bonds. The van der Waals surface area contributed by atoms with Gasteiger partial charge in [-0.1, -0.05) is 12.2 Å². The Hall–Kier alpha value is -2.63. The van der Waals surface area contributed by atoms with Crippen LogP contribution in [-0.2, 0) is 9.59 Å². The molecule has 25 heavy (non-hydrogen) atoms. The van der Waals surface area contributed by atoms with Crippen molar-refractivity contribution in [2.24, 2.45) is 40.6 Å². The average molecular weight is 338 g/mol. The van der Waals surface area contributed by atoms with Crippen molar-refractivity contribution < 1.29 is 19.4 Å². The van der Waals surface area contributed by atoms with E-state index < -0.39 is 0 Å². The van der Waals surface area contributed by atoms with Crippen LogP contribution in [0.4, 0.5) is 0 Å². The zero-order valence-corrected chi connectivity index (χ0v) is 13.7. The maximum Gasteiger partial charge on any atom is 0.254 e. The number of hydrogen-bond acceptors (Lipinski definition) is 5. The number of allylic oxidation sites excluding steroid dienone is 2. The van der Waals surface area contributed by atoms with Crippen LogP contribution < -0.4 is 4.74 Å². The molecule has 2 saturated carbocycles. The topological polar surface area (TPSA) is 79.2 Å². The number of nitrogens with zero attached hydrogens (tertiary/aromatic N) is 2. The first-order valence-corrected chi connectivity index (χ1v) is 8.57. The second-order valence-electron chi connectivity index (χ2n) is 7.32. The summed E-state index contributed by atoms with van der Waals surface area (Å²) in [5.41, 5.74) is 0.647. The number of benzene rings is 1. The van der Waals surface area contributed by atoms with Gasteiger partial charge >= 0.3 is 0 Å². The Balaban J connectivity index is 1.42. The smallest absolute Gasteiger partial charge is 0.254 e. The zero-order chi connectivity index (χ0) is 17.3. The van der Waals surface area contributed by atoms with Crippen LogP contribution in [0.15, 0.2) is 35.5 Å². The zero-order valence-electron chi connectivity index (χ0n) is 13.7. The van der Waals surface area contributed by atoms with Crippen LogP contribution in [0.5, 0.6) is 11.5 Å². The molecule has 4 aliphatic carbocycles. The summed E-state index contributed by atoms with van der Waals surface area (Å²) in [6.45, 7) is 0. The van der Waals surface area contributed by atoms with E-state index in [4.69, 9.17) is 4.74 Å². The van der Waals surface area contributed by atoms with Gasteiger partial charge in [0.1, 0.15) is 0 Å². The monoisotopic (exact) mass is 338 g/mol. The highest BCUT2D eigenvalue weighted by Crippen LogP contribution is 2.65. The highest BCUT2D eigenvalue weighted by atomic mass is 16.5. The van der Waals surface area contributed by atoms with Crippen molar-refractivity contribution in [3.05, 3.63) is 35.9 Å². The lowest BCUT2D eigenvalue weighted by Crippen LogP contribution is -2.40. The van der Waals surface area contributed by atoms with E-state index in [2.05, 4.69) is 17.3 Å². The first-order valence-electron chi connectivity index (χ1n) is 8.57. The fourth-order valence-corrected chi connectivity index (χ4v) is 4.95. The van der Waals surface area contributed by atoms with Gasteiger partial charge in [-0.3, -0.25) is 9.59 Å². The van der Waals surface area contributed by atoms with Crippen molar-refractivity contribution in [2.45, 2.75) is 6.42 Å². The second-order valence-corrected chi connectivity index (χ2v) is 7.32. The van der Waals surface area contributed by atoms with Crippen LogP contribution >= 0.6 is 0 Å². The number of carbonyl (C=O) groups is 2. The summed E-state index contributed by atoms with van der Waals surface area (Å²) in [6.07, 6.45) is 6.89. The second kappa shape index (κ2) is 4.94. The maximum atomic E-state index is 12.8. The van der Waals surface area contributed by atoms with Crippen LogP contribution in [0.1, 0.15) is 12.0 Å². The van der Waals surface area contributed by atoms with Gasteiger partial charge in [0.25, 0.3) is 11.8 Å². The van der Waals surface area contributed by atoms with Crippen molar-refractivity contribution in [1.29, 1.82) is 0 Å². The van der Waals surface area contributed by atoms with Crippen LogP contribution in [0.25, 0.3) is 0 Å². The van der Waals surface area contributed by atoms with Gasteiger partial charge in [-0.05, 0) is 53.9 Å². The molecule has 6 nitrogen and oxygen atoms in total. The number of aromatic hydroxyl groups is 1. The van der Waals surface area contributed by atoms with Crippen molar-refractivity contribution in [2.75, 3.05) is 7.11 Å². The average Bonchev–Trinajstić information content (AvgIpc) is 3.40. The molecule has 1 heterocycles. The number of carbonyl (C=O) groups excluding carboxylic acids is 2. The summed E-state index contributed by atoms with van der Waals surface area (Å²) in [5.74, 6) is 1.08. The molecule has 1 aromatic carbocycles. The number of hydrogen-bond donors (Lipinski definition) is 1. The number of amides is 2. The standard InChI is InChI=1S/C19H18N2O4/c1-25-15-6-9(2-5-14(15)22)8-20-21-18(23)16-10-3-4-11(13-7-12(10)13)17(16)19(21)24/h2-6,8,10-13,16-17,22H,7H2,1H3/b20-8+/t10-,11+,12-,13+,16+,17-. The largest absolute Gasteiger partial charge is 0.504 e. The van der Waals surface area contributed by atoms with Crippen molar-refractivity contribution in [1.82, 2.24) is 5.01 Å². The Morgan fingerprint density at radius 3 is 2.40 bits per heavy atom. The molecular weight excluding hydrogens is 320 g/mol. The molecule has 5 aliphatic rings. The molecule has 3 fully saturated rings. The lowest BCUT2D eigenvalue weighted by molar-refractivity contribution is -0.140. The summed E-state index contributed by atoms with van der Waals surface area (Å²) in [6, 6.07) is 4.75. The fourth-order valence-electron chi connectivity index (χ4n) is 4.95. The summed E-state index contributed by atoms with van der Waals surface area (Å²) < 4.78 is 5.06. The van der Waals surface area contributed by atoms with Crippen molar-refractivity contribution >= 4 is 18.0 Å². The van der Waals surface area contributed by atoms with E-state index in [-0.39, 0.29) is 41.2 Å². The Bertz CT molecular complexity index is 810. The number of phenolic OH excluding ortho intramolecular Hbond substituents is 1. The third-order valence-corrected chi connectivity index (χ3v) is 6.17. The first kappa shape index (κ1) is 14.7. The molecule has 1 saturated heterocycles. The van der Waals surface area contributed by atoms with Crippen LogP contribution in [-0.4, -0.2) is 35.3 Å². The summed E-state index contributed by atoms with van der Waals surface area (Å²) in [5, 5.41) is 14.9. The molecule has 0 radical (unpaired) electrons. The lowest BCUT2D eigenvalue weighted by Gasteiger charge is -2.37. The van der Waals surface area contributed by atoms with Crippen LogP contribution in [0.2, 0.25) is 0 Å². The van der Waals surface area contributed by atoms with Gasteiger partial charge in [0.2, 0.25) is 0 Å². The SMILES string of the molecule is COc1cc(/C=N/N2C(=O)[C@@H]3[C@H]4C=C[C@H]([C@H]5C[C@@H]45)[C@@H]3C2=O)ccc1O. The highest BCUT2D eigenvalue weighted by Gasteiger charge is 2.67. The summed E-state index contributed by atoms with van der Waals surface area (Å²) in [7, 11) is 1.46. The van der Waals surface area contributed by atoms with E-state index in [1.54, 1.807) is 12.1 Å². The molecule has 0 unspecified atom stereocenters. The molecule has 6 atom stereocenters. The summed E-state index contributed by atoms with van der Waals surface area (Å²) in [4.78, 5) is 25.6. The van der Waals surface area contributed by atoms with Crippen LogP contribution in [0, 0.1) is 35.5 Å². The minimum absolute atomic E-state index is 0.0286. The van der Waals surface area contributed by atoms with Gasteiger partial charge in [-0.25, -0.2) is 0 Å². The molecule has 0 spiro atoms. The van der Waals surface area contributed by atoms with Crippen molar-refractivity contribution in [3.8, 4) is 11.5 Å². The number of ether oxygens (including phenoxy) is 1. The van der Waals surface area contributed by atoms with Gasteiger partial charge in [0.05, 0.1) is 25.2 Å². The van der Waals surface area contributed by atoms with E-state index in [0.29, 0.717) is 23.1 Å². The maximum absolute atomic E-state index is 12.8. The number of methoxy groups -OCH3 is 1. The molecule has 1 aromatic rings. The predicted octanol–water partition coefficient (Wildman–Crippen LogP) is 1.79. The van der Waals surface area contributed by atoms with Crippen LogP contribution in [0.3, 0.4) is 0 Å². The Labute approximate surface area is 144 Å². The van der Waals surface area contributed by atoms with Gasteiger partial charge < -0.3 is 9.84 Å². The number of phenols is 1. The van der Waals surface area contributed by atoms with Gasteiger partial charge in [0, 0.05) is 0 Å². The number of rotatable bonds is 3. The number of hydrazone groups is 1. The third-order valence-electron chi connectivity index (χ3n) is 6.17. The van der Waals surface area contributed by atoms with E-state index >= 15 is 0 Å². The normalized spacial score (nSPS) is 37.6. The Kier molecular flexibility index (Phi) is 2.90. The van der Waals surface area contributed by atoms with Crippen molar-refractivity contribution in [3.63, 3.8) is 0 Å². The van der Waals surface area contributed by atoms with Gasteiger partial charge in [0.15, 0.2) is 11.5 Å². The minimum atomic E-state index is -0.238. The molecule has 0 aromatic heterocycles. The first-order chi connectivity index (χ1) is 12.1. The number of imide groups is 1. The molecule has 128 valence electrons. The fraction of sp³-hybridized carbons (Fsp3) is 0.421. The van der Waals surface area contributed by atoms with E-state index in [1.807, 2.05) is 0 Å². The Morgan fingerprint density at radius 2 is 1.80 bits per heavy atom. The van der Waals surface area contributed by atoms with Gasteiger partial charge in [-0.2, -0.15) is 10.1 Å². The highest BCUT2D eigenvalue weighted by molar-refractivity contribution is 6.06. The molecule has 1 aliphatic heterocycles. The lowest BCUT2D eigenvalue weighted by atomic mass is 9.63. The van der Waals surface area contributed by atoms with E-state index in [0.717, 1.165) is 11.4 Å². The molecule has 6 rings (SSSR count). The molecular formula is C19H18N2O4. The Morgan fingerprint density at radius 1 is 1.16 bits per heavy atom. The molecule has 1 N–H and O–H groups in total. The molecule has 2 bridgehead atoms. The quantitative estimate of drug-likeness (QED) is 0.518.